The monoisotopic (exact) mass is 414 g/mol. The maximum atomic E-state index is 13.6. The minimum Gasteiger partial charge on any atom is -0.496 e. The molecule has 0 radical (unpaired) electrons. The van der Waals surface area contributed by atoms with Crippen molar-refractivity contribution in [1.82, 2.24) is 5.32 Å². The quantitative estimate of drug-likeness (QED) is 0.678. The molecule has 0 saturated carbocycles. The van der Waals surface area contributed by atoms with E-state index in [2.05, 4.69) is 5.32 Å². The van der Waals surface area contributed by atoms with Gasteiger partial charge in [-0.25, -0.2) is 0 Å². The Kier molecular flexibility index (Phi) is 5.51. The van der Waals surface area contributed by atoms with Crippen LogP contribution in [-0.2, 0) is 17.8 Å². The molecule has 3 aromatic rings. The Morgan fingerprint density at radius 3 is 2.45 bits per heavy atom. The molecule has 0 bridgehead atoms. The van der Waals surface area contributed by atoms with E-state index in [9.17, 15) is 9.59 Å². The van der Waals surface area contributed by atoms with E-state index in [4.69, 9.17) is 4.74 Å². The third kappa shape index (κ3) is 3.79. The van der Waals surface area contributed by atoms with Gasteiger partial charge in [0.2, 0.25) is 5.91 Å². The van der Waals surface area contributed by atoms with Crippen LogP contribution in [0.4, 0.5) is 5.69 Å². The zero-order chi connectivity index (χ0) is 22.0. The molecule has 4 rings (SSSR count). The normalized spacial score (nSPS) is 17.8. The summed E-state index contributed by atoms with van der Waals surface area (Å²) in [6.07, 6.45) is 0.431. The molecule has 31 heavy (non-hydrogen) atoms. The van der Waals surface area contributed by atoms with Crippen molar-refractivity contribution in [3.8, 4) is 5.75 Å². The standard InChI is InChI=1S/C26H26N2O3/c1-18-12-14-21(15-13-18)28-24(29)22-10-6-4-8-19(22)16-26(28,2)25(30)27-17-20-9-5-7-11-23(20)31-3/h4-15H,16-17H2,1-3H3,(H,27,30). The lowest BCUT2D eigenvalue weighted by molar-refractivity contribution is -0.126. The number of fused-ring (bicyclic) bond motifs is 1. The molecule has 158 valence electrons. The molecule has 1 atom stereocenters. The molecule has 3 aromatic carbocycles. The van der Waals surface area contributed by atoms with Crippen LogP contribution in [0.15, 0.2) is 72.8 Å². The Labute approximate surface area is 182 Å². The molecule has 5 heteroatoms. The van der Waals surface area contributed by atoms with Gasteiger partial charge in [0, 0.05) is 29.8 Å². The minimum atomic E-state index is -1.07. The van der Waals surface area contributed by atoms with Gasteiger partial charge in [-0.05, 0) is 43.7 Å². The number of carbonyl (C=O) groups excluding carboxylic acids is 2. The summed E-state index contributed by atoms with van der Waals surface area (Å²) in [4.78, 5) is 28.7. The van der Waals surface area contributed by atoms with E-state index in [1.54, 1.807) is 12.0 Å². The summed E-state index contributed by atoms with van der Waals surface area (Å²) in [7, 11) is 1.61. The number of rotatable bonds is 5. The number of nitrogens with zero attached hydrogens (tertiary/aromatic N) is 1. The van der Waals surface area contributed by atoms with Gasteiger partial charge >= 0.3 is 0 Å². The van der Waals surface area contributed by atoms with Crippen molar-refractivity contribution in [3.05, 3.63) is 95.1 Å². The first-order valence-corrected chi connectivity index (χ1v) is 10.3. The maximum absolute atomic E-state index is 13.6. The highest BCUT2D eigenvalue weighted by atomic mass is 16.5. The molecule has 1 aliphatic heterocycles. The topological polar surface area (TPSA) is 58.6 Å². The van der Waals surface area contributed by atoms with E-state index in [0.29, 0.717) is 30.0 Å². The van der Waals surface area contributed by atoms with Crippen LogP contribution in [0.25, 0.3) is 0 Å². The van der Waals surface area contributed by atoms with Crippen LogP contribution in [0.3, 0.4) is 0 Å². The van der Waals surface area contributed by atoms with Crippen molar-refractivity contribution in [1.29, 1.82) is 0 Å². The average molecular weight is 415 g/mol. The molecule has 1 unspecified atom stereocenters. The van der Waals surface area contributed by atoms with E-state index in [-0.39, 0.29) is 11.8 Å². The van der Waals surface area contributed by atoms with Gasteiger partial charge in [-0.15, -0.1) is 0 Å². The smallest absolute Gasteiger partial charge is 0.259 e. The number of anilines is 1. The summed E-state index contributed by atoms with van der Waals surface area (Å²) in [6.45, 7) is 4.14. The van der Waals surface area contributed by atoms with Crippen LogP contribution in [0, 0.1) is 6.92 Å². The molecular formula is C26H26N2O3. The van der Waals surface area contributed by atoms with Crippen molar-refractivity contribution < 1.29 is 14.3 Å². The third-order valence-electron chi connectivity index (χ3n) is 5.89. The number of benzene rings is 3. The largest absolute Gasteiger partial charge is 0.496 e. The van der Waals surface area contributed by atoms with Crippen molar-refractivity contribution in [2.45, 2.75) is 32.4 Å². The predicted octanol–water partition coefficient (Wildman–Crippen LogP) is 4.28. The van der Waals surface area contributed by atoms with Crippen LogP contribution in [0.5, 0.6) is 5.75 Å². The highest BCUT2D eigenvalue weighted by Crippen LogP contribution is 2.35. The summed E-state index contributed by atoms with van der Waals surface area (Å²) >= 11 is 0. The Morgan fingerprint density at radius 1 is 1.03 bits per heavy atom. The van der Waals surface area contributed by atoms with E-state index in [1.807, 2.05) is 86.6 Å². The van der Waals surface area contributed by atoms with Gasteiger partial charge in [0.25, 0.3) is 5.91 Å². The Balaban J connectivity index is 1.70. The molecule has 0 spiro atoms. The van der Waals surface area contributed by atoms with Crippen LogP contribution in [0.1, 0.15) is 34.0 Å². The summed E-state index contributed by atoms with van der Waals surface area (Å²) in [6, 6.07) is 22.8. The van der Waals surface area contributed by atoms with Crippen molar-refractivity contribution in [3.63, 3.8) is 0 Å². The molecule has 1 aliphatic rings. The lowest BCUT2D eigenvalue weighted by Gasteiger charge is -2.44. The van der Waals surface area contributed by atoms with E-state index in [1.165, 1.54) is 0 Å². The first-order valence-electron chi connectivity index (χ1n) is 10.3. The number of aryl methyl sites for hydroxylation is 1. The molecule has 1 N–H and O–H groups in total. The molecule has 0 aromatic heterocycles. The third-order valence-corrected chi connectivity index (χ3v) is 5.89. The second kappa shape index (κ2) is 8.26. The maximum Gasteiger partial charge on any atom is 0.259 e. The van der Waals surface area contributed by atoms with Crippen LogP contribution >= 0.6 is 0 Å². The number of nitrogens with one attached hydrogen (secondary N) is 1. The van der Waals surface area contributed by atoms with Crippen molar-refractivity contribution in [2.24, 2.45) is 0 Å². The summed E-state index contributed by atoms with van der Waals surface area (Å²) in [5, 5.41) is 3.03. The van der Waals surface area contributed by atoms with Crippen LogP contribution < -0.4 is 15.0 Å². The first kappa shape index (κ1) is 20.7. The second-order valence-corrected chi connectivity index (χ2v) is 8.08. The molecular weight excluding hydrogens is 388 g/mol. The Morgan fingerprint density at radius 2 is 1.71 bits per heavy atom. The van der Waals surface area contributed by atoms with Gasteiger partial charge in [0.05, 0.1) is 7.11 Å². The first-order chi connectivity index (χ1) is 14.9. The Bertz CT molecular complexity index is 1120. The predicted molar refractivity (Wildman–Crippen MR) is 121 cm³/mol. The number of methoxy groups -OCH3 is 1. The summed E-state index contributed by atoms with van der Waals surface area (Å²) in [5.41, 5.74) is 3.13. The van der Waals surface area contributed by atoms with Crippen molar-refractivity contribution >= 4 is 17.5 Å². The van der Waals surface area contributed by atoms with E-state index in [0.717, 1.165) is 16.7 Å². The number of amides is 2. The van der Waals surface area contributed by atoms with Crippen LogP contribution in [0.2, 0.25) is 0 Å². The fourth-order valence-corrected chi connectivity index (χ4v) is 4.17. The SMILES string of the molecule is COc1ccccc1CNC(=O)C1(C)Cc2ccccc2C(=O)N1c1ccc(C)cc1. The summed E-state index contributed by atoms with van der Waals surface area (Å²) in [5.74, 6) is 0.343. The fraction of sp³-hybridized carbons (Fsp3) is 0.231. The molecule has 0 fully saturated rings. The van der Waals surface area contributed by atoms with Crippen LogP contribution in [-0.4, -0.2) is 24.5 Å². The fourth-order valence-electron chi connectivity index (χ4n) is 4.17. The second-order valence-electron chi connectivity index (χ2n) is 8.08. The molecule has 0 saturated heterocycles. The zero-order valence-corrected chi connectivity index (χ0v) is 18.0. The number of hydrogen-bond acceptors (Lipinski definition) is 3. The molecule has 5 nitrogen and oxygen atoms in total. The van der Waals surface area contributed by atoms with E-state index < -0.39 is 5.54 Å². The van der Waals surface area contributed by atoms with Gasteiger partial charge in [-0.2, -0.15) is 0 Å². The highest BCUT2D eigenvalue weighted by molar-refractivity contribution is 6.14. The lowest BCUT2D eigenvalue weighted by Crippen LogP contribution is -2.63. The number of hydrogen-bond donors (Lipinski definition) is 1. The minimum absolute atomic E-state index is 0.166. The molecule has 1 heterocycles. The van der Waals surface area contributed by atoms with Crippen molar-refractivity contribution in [2.75, 3.05) is 12.0 Å². The number of carbonyl (C=O) groups is 2. The molecule has 2 amide bonds. The molecule has 0 aliphatic carbocycles. The van der Waals surface area contributed by atoms with Gasteiger partial charge < -0.3 is 10.1 Å². The highest BCUT2D eigenvalue weighted by Gasteiger charge is 2.47. The van der Waals surface area contributed by atoms with Gasteiger partial charge in [0.1, 0.15) is 11.3 Å². The Hall–Kier alpha value is -3.60. The van der Waals surface area contributed by atoms with Gasteiger partial charge in [0.15, 0.2) is 0 Å². The zero-order valence-electron chi connectivity index (χ0n) is 18.0. The lowest BCUT2D eigenvalue weighted by atomic mass is 9.82. The average Bonchev–Trinajstić information content (AvgIpc) is 2.79. The number of ether oxygens (including phenoxy) is 1. The summed E-state index contributed by atoms with van der Waals surface area (Å²) < 4.78 is 5.40. The van der Waals surface area contributed by atoms with Gasteiger partial charge in [-0.1, -0.05) is 54.1 Å². The van der Waals surface area contributed by atoms with Gasteiger partial charge in [-0.3, -0.25) is 14.5 Å². The number of para-hydroxylation sites is 1. The van der Waals surface area contributed by atoms with E-state index >= 15 is 0 Å².